The van der Waals surface area contributed by atoms with E-state index in [1.54, 1.807) is 18.2 Å². The lowest BCUT2D eigenvalue weighted by Gasteiger charge is -2.13. The van der Waals surface area contributed by atoms with Gasteiger partial charge in [-0.3, -0.25) is 14.4 Å². The van der Waals surface area contributed by atoms with Gasteiger partial charge in [0.15, 0.2) is 5.78 Å². The van der Waals surface area contributed by atoms with Crippen molar-refractivity contribution in [1.82, 2.24) is 5.32 Å². The minimum Gasteiger partial charge on any atom is -0.383 e. The Labute approximate surface area is 181 Å². The van der Waals surface area contributed by atoms with Crippen molar-refractivity contribution in [2.45, 2.75) is 48.0 Å². The Balaban J connectivity index is 0.00000407. The van der Waals surface area contributed by atoms with E-state index in [-0.39, 0.29) is 29.3 Å². The summed E-state index contributed by atoms with van der Waals surface area (Å²) in [6, 6.07) is 5.04. The van der Waals surface area contributed by atoms with Crippen molar-refractivity contribution < 1.29 is 19.1 Å². The number of carbonyl (C=O) groups excluding carboxylic acids is 3. The molecular formula is C23H39N3O4. The van der Waals surface area contributed by atoms with Crippen LogP contribution in [-0.2, 0) is 9.53 Å². The lowest BCUT2D eigenvalue weighted by molar-refractivity contribution is -0.122. The highest BCUT2D eigenvalue weighted by Gasteiger charge is 2.15. The highest BCUT2D eigenvalue weighted by Crippen LogP contribution is 2.18. The van der Waals surface area contributed by atoms with E-state index in [1.165, 1.54) is 0 Å². The van der Waals surface area contributed by atoms with Gasteiger partial charge in [-0.2, -0.15) is 0 Å². The molecule has 30 heavy (non-hydrogen) atoms. The third-order valence-electron chi connectivity index (χ3n) is 4.15. The standard InChI is InChI=1S/C21H33N3O4.C2H6/c1-14(2)19(25)5-9-28-10-8-23-18-12-16(20(26)15(3)4)11-17(13-18)21(27)24-7-6-22;1-2/h11-15,23H,5-10,22H2,1-4H3,(H,24,27);1-2H3. The predicted octanol–water partition coefficient (Wildman–Crippen LogP) is 3.28. The van der Waals surface area contributed by atoms with E-state index in [0.29, 0.717) is 56.1 Å². The van der Waals surface area contributed by atoms with E-state index in [4.69, 9.17) is 10.5 Å². The molecule has 0 aliphatic heterocycles. The van der Waals surface area contributed by atoms with E-state index in [9.17, 15) is 14.4 Å². The molecule has 0 saturated carbocycles. The first kappa shape index (κ1) is 27.8. The normalized spacial score (nSPS) is 10.4. The summed E-state index contributed by atoms with van der Waals surface area (Å²) < 4.78 is 5.48. The van der Waals surface area contributed by atoms with Crippen LogP contribution in [0.4, 0.5) is 5.69 Å². The number of amides is 1. The van der Waals surface area contributed by atoms with Crippen molar-refractivity contribution in [3.8, 4) is 0 Å². The second-order valence-electron chi connectivity index (χ2n) is 7.27. The molecule has 0 spiro atoms. The Morgan fingerprint density at radius 2 is 1.57 bits per heavy atom. The van der Waals surface area contributed by atoms with Crippen molar-refractivity contribution in [1.29, 1.82) is 0 Å². The number of Topliss-reactive ketones (excluding diaryl/α,β-unsaturated/α-hetero) is 2. The van der Waals surface area contributed by atoms with Gasteiger partial charge in [-0.25, -0.2) is 0 Å². The molecule has 1 amide bonds. The first-order chi connectivity index (χ1) is 14.3. The second-order valence-corrected chi connectivity index (χ2v) is 7.27. The van der Waals surface area contributed by atoms with Crippen LogP contribution >= 0.6 is 0 Å². The monoisotopic (exact) mass is 421 g/mol. The molecule has 0 atom stereocenters. The Bertz CT molecular complexity index is 672. The van der Waals surface area contributed by atoms with Gasteiger partial charge < -0.3 is 21.1 Å². The summed E-state index contributed by atoms with van der Waals surface area (Å²) in [5, 5.41) is 5.89. The molecule has 0 saturated heterocycles. The van der Waals surface area contributed by atoms with Crippen molar-refractivity contribution in [3.05, 3.63) is 29.3 Å². The SMILES string of the molecule is CC.CC(C)C(=O)CCOCCNc1cc(C(=O)NCCN)cc(C(=O)C(C)C)c1. The van der Waals surface area contributed by atoms with Crippen LogP contribution in [0.5, 0.6) is 0 Å². The summed E-state index contributed by atoms with van der Waals surface area (Å²) in [7, 11) is 0. The fraction of sp³-hybridized carbons (Fsp3) is 0.609. The summed E-state index contributed by atoms with van der Waals surface area (Å²) in [5.74, 6) is -0.264. The maximum atomic E-state index is 12.4. The number of ether oxygens (including phenoxy) is 1. The number of hydrogen-bond acceptors (Lipinski definition) is 6. The van der Waals surface area contributed by atoms with Gasteiger partial charge in [-0.05, 0) is 18.2 Å². The van der Waals surface area contributed by atoms with E-state index >= 15 is 0 Å². The second kappa shape index (κ2) is 15.6. The molecule has 1 aromatic carbocycles. The Morgan fingerprint density at radius 1 is 0.933 bits per heavy atom. The van der Waals surface area contributed by atoms with Crippen molar-refractivity contribution in [3.63, 3.8) is 0 Å². The minimum absolute atomic E-state index is 0.0202. The van der Waals surface area contributed by atoms with Crippen molar-refractivity contribution >= 4 is 23.2 Å². The predicted molar refractivity (Wildman–Crippen MR) is 122 cm³/mol. The molecule has 0 unspecified atom stereocenters. The third-order valence-corrected chi connectivity index (χ3v) is 4.15. The molecule has 4 N–H and O–H groups in total. The topological polar surface area (TPSA) is 111 Å². The molecule has 0 aromatic heterocycles. The molecule has 0 aliphatic rings. The number of nitrogens with one attached hydrogen (secondary N) is 2. The highest BCUT2D eigenvalue weighted by molar-refractivity contribution is 6.02. The highest BCUT2D eigenvalue weighted by atomic mass is 16.5. The molecule has 0 heterocycles. The average molecular weight is 422 g/mol. The van der Waals surface area contributed by atoms with Gasteiger partial charge in [0.05, 0.1) is 13.2 Å². The smallest absolute Gasteiger partial charge is 0.251 e. The van der Waals surface area contributed by atoms with Gasteiger partial charge in [-0.1, -0.05) is 41.5 Å². The van der Waals surface area contributed by atoms with E-state index in [0.717, 1.165) is 0 Å². The zero-order valence-corrected chi connectivity index (χ0v) is 19.3. The third kappa shape index (κ3) is 10.5. The van der Waals surface area contributed by atoms with Gasteiger partial charge in [0.1, 0.15) is 5.78 Å². The van der Waals surface area contributed by atoms with Gasteiger partial charge in [0, 0.05) is 54.7 Å². The van der Waals surface area contributed by atoms with Gasteiger partial charge in [0.25, 0.3) is 5.91 Å². The zero-order valence-electron chi connectivity index (χ0n) is 19.3. The zero-order chi connectivity index (χ0) is 23.1. The average Bonchev–Trinajstić information content (AvgIpc) is 2.74. The van der Waals surface area contributed by atoms with Crippen LogP contribution in [0, 0.1) is 11.8 Å². The Kier molecular flexibility index (Phi) is 14.4. The maximum absolute atomic E-state index is 12.4. The molecule has 1 rings (SSSR count). The summed E-state index contributed by atoms with van der Waals surface area (Å²) in [6.45, 7) is 13.4. The maximum Gasteiger partial charge on any atom is 0.251 e. The quantitative estimate of drug-likeness (QED) is 0.333. The molecule has 1 aromatic rings. The lowest BCUT2D eigenvalue weighted by atomic mass is 9.98. The number of rotatable bonds is 13. The molecule has 170 valence electrons. The van der Waals surface area contributed by atoms with Gasteiger partial charge in [0.2, 0.25) is 0 Å². The number of nitrogens with two attached hydrogens (primary N) is 1. The fourth-order valence-corrected chi connectivity index (χ4v) is 2.46. The van der Waals surface area contributed by atoms with Crippen LogP contribution in [-0.4, -0.2) is 50.3 Å². The molecule has 0 radical (unpaired) electrons. The number of anilines is 1. The van der Waals surface area contributed by atoms with Crippen LogP contribution < -0.4 is 16.4 Å². The van der Waals surface area contributed by atoms with Crippen molar-refractivity contribution in [2.24, 2.45) is 17.6 Å². The molecule has 7 nitrogen and oxygen atoms in total. The van der Waals surface area contributed by atoms with E-state index < -0.39 is 0 Å². The Hall–Kier alpha value is -2.25. The Morgan fingerprint density at radius 3 is 2.13 bits per heavy atom. The number of hydrogen-bond donors (Lipinski definition) is 3. The molecule has 0 fully saturated rings. The summed E-state index contributed by atoms with van der Waals surface area (Å²) >= 11 is 0. The van der Waals surface area contributed by atoms with Gasteiger partial charge in [-0.15, -0.1) is 0 Å². The summed E-state index contributed by atoms with van der Waals surface area (Å²) in [5.41, 5.74) is 7.00. The van der Waals surface area contributed by atoms with Crippen LogP contribution in [0.1, 0.15) is 68.7 Å². The number of carbonyl (C=O) groups is 3. The van der Waals surface area contributed by atoms with Crippen molar-refractivity contribution in [2.75, 3.05) is 38.2 Å². The molecule has 0 bridgehead atoms. The first-order valence-corrected chi connectivity index (χ1v) is 10.8. The van der Waals surface area contributed by atoms with Crippen LogP contribution in [0.15, 0.2) is 18.2 Å². The van der Waals surface area contributed by atoms with Crippen LogP contribution in [0.25, 0.3) is 0 Å². The summed E-state index contributed by atoms with van der Waals surface area (Å²) in [4.78, 5) is 36.2. The molecular weight excluding hydrogens is 382 g/mol. The van der Waals surface area contributed by atoms with Crippen LogP contribution in [0.2, 0.25) is 0 Å². The number of benzene rings is 1. The first-order valence-electron chi connectivity index (χ1n) is 10.8. The lowest BCUT2D eigenvalue weighted by Crippen LogP contribution is -2.29. The van der Waals surface area contributed by atoms with Crippen LogP contribution in [0.3, 0.4) is 0 Å². The summed E-state index contributed by atoms with van der Waals surface area (Å²) in [6.07, 6.45) is 0.404. The minimum atomic E-state index is -0.268. The van der Waals surface area contributed by atoms with E-state index in [2.05, 4.69) is 10.6 Å². The van der Waals surface area contributed by atoms with Gasteiger partial charge >= 0.3 is 0 Å². The molecule has 0 aliphatic carbocycles. The largest absolute Gasteiger partial charge is 0.383 e. The molecule has 7 heteroatoms. The fourth-order valence-electron chi connectivity index (χ4n) is 2.46. The number of ketones is 2. The van der Waals surface area contributed by atoms with E-state index in [1.807, 2.05) is 41.5 Å².